The Morgan fingerprint density at radius 1 is 1.25 bits per heavy atom. The molecule has 0 amide bonds. The standard InChI is InChI=1S/C14H14N2O4/c1-19-11-8-10(17)9-2-3-12(15-13(9)14(11)18)16-4-6-20-7-5-16/h2-3,8H,4-7H2,1H3. The molecule has 0 spiro atoms. The van der Waals surface area contributed by atoms with Gasteiger partial charge in [-0.25, -0.2) is 4.98 Å². The molecule has 0 N–H and O–H groups in total. The Hall–Kier alpha value is -2.21. The topological polar surface area (TPSA) is 68.7 Å². The van der Waals surface area contributed by atoms with Gasteiger partial charge in [-0.1, -0.05) is 0 Å². The van der Waals surface area contributed by atoms with E-state index in [1.807, 2.05) is 4.90 Å². The van der Waals surface area contributed by atoms with Crippen LogP contribution in [0.3, 0.4) is 0 Å². The van der Waals surface area contributed by atoms with Crippen molar-refractivity contribution in [2.45, 2.75) is 0 Å². The van der Waals surface area contributed by atoms with Crippen LogP contribution in [0.5, 0.6) is 0 Å². The van der Waals surface area contributed by atoms with E-state index in [1.165, 1.54) is 13.2 Å². The molecule has 20 heavy (non-hydrogen) atoms. The van der Waals surface area contributed by atoms with Gasteiger partial charge in [-0.15, -0.1) is 0 Å². The van der Waals surface area contributed by atoms with Gasteiger partial charge < -0.3 is 14.4 Å². The lowest BCUT2D eigenvalue weighted by Crippen LogP contribution is -2.37. The van der Waals surface area contributed by atoms with E-state index in [0.29, 0.717) is 24.6 Å². The van der Waals surface area contributed by atoms with Gasteiger partial charge in [-0.05, 0) is 12.1 Å². The molecule has 0 radical (unpaired) electrons. The predicted octanol–water partition coefficient (Wildman–Crippen LogP) is 0.827. The molecule has 0 saturated carbocycles. The number of ketones is 2. The third-order valence-corrected chi connectivity index (χ3v) is 3.40. The Labute approximate surface area is 116 Å². The maximum Gasteiger partial charge on any atom is 0.246 e. The Morgan fingerprint density at radius 3 is 2.70 bits per heavy atom. The van der Waals surface area contributed by atoms with Crippen molar-refractivity contribution in [3.8, 4) is 0 Å². The number of rotatable bonds is 2. The minimum absolute atomic E-state index is 0.0362. The van der Waals surface area contributed by atoms with Crippen molar-refractivity contribution in [2.24, 2.45) is 0 Å². The van der Waals surface area contributed by atoms with Gasteiger partial charge in [0.25, 0.3) is 0 Å². The van der Waals surface area contributed by atoms with Gasteiger partial charge in [0, 0.05) is 19.2 Å². The van der Waals surface area contributed by atoms with E-state index in [4.69, 9.17) is 9.47 Å². The first-order valence-corrected chi connectivity index (χ1v) is 6.39. The van der Waals surface area contributed by atoms with Gasteiger partial charge >= 0.3 is 0 Å². The van der Waals surface area contributed by atoms with Gasteiger partial charge in [0.2, 0.25) is 5.78 Å². The van der Waals surface area contributed by atoms with Crippen molar-refractivity contribution in [2.75, 3.05) is 38.3 Å². The highest BCUT2D eigenvalue weighted by molar-refractivity contribution is 6.22. The van der Waals surface area contributed by atoms with Crippen LogP contribution in [0.4, 0.5) is 5.82 Å². The number of hydrogen-bond donors (Lipinski definition) is 0. The zero-order valence-electron chi connectivity index (χ0n) is 11.1. The predicted molar refractivity (Wildman–Crippen MR) is 71.0 cm³/mol. The van der Waals surface area contributed by atoms with Crippen molar-refractivity contribution in [3.63, 3.8) is 0 Å². The summed E-state index contributed by atoms with van der Waals surface area (Å²) in [5.41, 5.74) is 0.492. The lowest BCUT2D eigenvalue weighted by atomic mass is 9.98. The van der Waals surface area contributed by atoms with Crippen LogP contribution in [0.1, 0.15) is 20.8 Å². The normalized spacial score (nSPS) is 18.6. The van der Waals surface area contributed by atoms with Crippen LogP contribution in [-0.2, 0) is 9.47 Å². The number of methoxy groups -OCH3 is 1. The second-order valence-corrected chi connectivity index (χ2v) is 4.57. The first-order valence-electron chi connectivity index (χ1n) is 6.39. The summed E-state index contributed by atoms with van der Waals surface area (Å²) in [7, 11) is 1.37. The fourth-order valence-corrected chi connectivity index (χ4v) is 2.32. The minimum Gasteiger partial charge on any atom is -0.492 e. The van der Waals surface area contributed by atoms with E-state index in [1.54, 1.807) is 12.1 Å². The van der Waals surface area contributed by atoms with Crippen LogP contribution in [0, 0.1) is 0 Å². The number of carbonyl (C=O) groups is 2. The third kappa shape index (κ3) is 2.08. The monoisotopic (exact) mass is 274 g/mol. The lowest BCUT2D eigenvalue weighted by Gasteiger charge is -2.28. The Balaban J connectivity index is 1.99. The summed E-state index contributed by atoms with van der Waals surface area (Å²) in [5, 5.41) is 0. The molecule has 1 aromatic heterocycles. The number of anilines is 1. The molecular formula is C14H14N2O4. The molecular weight excluding hydrogens is 260 g/mol. The van der Waals surface area contributed by atoms with Crippen LogP contribution in [-0.4, -0.2) is 50.0 Å². The smallest absolute Gasteiger partial charge is 0.246 e. The number of morpholine rings is 1. The van der Waals surface area contributed by atoms with E-state index in [2.05, 4.69) is 4.98 Å². The first kappa shape index (κ1) is 12.8. The number of Topliss-reactive ketones (excluding diaryl/α,β-unsaturated/α-hetero) is 1. The van der Waals surface area contributed by atoms with E-state index in [0.717, 1.165) is 13.1 Å². The molecule has 0 atom stereocenters. The molecule has 1 aliphatic carbocycles. The van der Waals surface area contributed by atoms with Crippen molar-refractivity contribution in [3.05, 3.63) is 35.2 Å². The fourth-order valence-electron chi connectivity index (χ4n) is 2.32. The molecule has 3 rings (SSSR count). The number of fused-ring (bicyclic) bond motifs is 1. The van der Waals surface area contributed by atoms with Crippen LogP contribution < -0.4 is 4.90 Å². The van der Waals surface area contributed by atoms with E-state index < -0.39 is 0 Å². The number of nitrogens with zero attached hydrogens (tertiary/aromatic N) is 2. The average Bonchev–Trinajstić information content (AvgIpc) is 2.51. The SMILES string of the molecule is COC1=CC(=O)c2ccc(N3CCOCC3)nc2C1=O. The number of allylic oxidation sites excluding steroid dienone is 2. The quantitative estimate of drug-likeness (QED) is 0.795. The Morgan fingerprint density at radius 2 is 2.00 bits per heavy atom. The van der Waals surface area contributed by atoms with Gasteiger partial charge in [0.1, 0.15) is 11.5 Å². The van der Waals surface area contributed by atoms with Gasteiger partial charge in [0.15, 0.2) is 11.5 Å². The highest BCUT2D eigenvalue weighted by Gasteiger charge is 2.29. The van der Waals surface area contributed by atoms with Crippen molar-refractivity contribution in [1.82, 2.24) is 4.98 Å². The van der Waals surface area contributed by atoms with Crippen LogP contribution in [0.15, 0.2) is 24.0 Å². The molecule has 1 aromatic rings. The van der Waals surface area contributed by atoms with E-state index in [-0.39, 0.29) is 23.0 Å². The highest BCUT2D eigenvalue weighted by atomic mass is 16.5. The second kappa shape index (κ2) is 5.05. The van der Waals surface area contributed by atoms with Gasteiger partial charge in [-0.2, -0.15) is 0 Å². The zero-order chi connectivity index (χ0) is 14.1. The molecule has 6 nitrogen and oxygen atoms in total. The molecule has 0 aromatic carbocycles. The maximum atomic E-state index is 12.2. The van der Waals surface area contributed by atoms with Crippen molar-refractivity contribution < 1.29 is 19.1 Å². The van der Waals surface area contributed by atoms with E-state index in [9.17, 15) is 9.59 Å². The molecule has 1 saturated heterocycles. The van der Waals surface area contributed by atoms with Gasteiger partial charge in [0.05, 0.1) is 25.9 Å². The minimum atomic E-state index is -0.350. The summed E-state index contributed by atoms with van der Waals surface area (Å²) < 4.78 is 10.2. The summed E-state index contributed by atoms with van der Waals surface area (Å²) in [4.78, 5) is 30.5. The van der Waals surface area contributed by atoms with E-state index >= 15 is 0 Å². The summed E-state index contributed by atoms with van der Waals surface area (Å²) in [5.74, 6) is 0.120. The molecule has 0 unspecified atom stereocenters. The number of pyridine rings is 1. The summed E-state index contributed by atoms with van der Waals surface area (Å²) in [6, 6.07) is 3.41. The highest BCUT2D eigenvalue weighted by Crippen LogP contribution is 2.23. The third-order valence-electron chi connectivity index (χ3n) is 3.40. The zero-order valence-corrected chi connectivity index (χ0v) is 11.1. The Kier molecular flexibility index (Phi) is 3.23. The summed E-state index contributed by atoms with van der Waals surface area (Å²) in [6.07, 6.45) is 1.21. The molecule has 2 aliphatic rings. The molecule has 2 heterocycles. The first-order chi connectivity index (χ1) is 9.70. The van der Waals surface area contributed by atoms with Crippen LogP contribution in [0.2, 0.25) is 0 Å². The summed E-state index contributed by atoms with van der Waals surface area (Å²) in [6.45, 7) is 2.71. The number of carbonyl (C=O) groups excluding carboxylic acids is 2. The number of aromatic nitrogens is 1. The van der Waals surface area contributed by atoms with Crippen molar-refractivity contribution in [1.29, 1.82) is 0 Å². The molecule has 1 fully saturated rings. The molecule has 104 valence electrons. The molecule has 1 aliphatic heterocycles. The number of ether oxygens (including phenoxy) is 2. The van der Waals surface area contributed by atoms with Crippen LogP contribution >= 0.6 is 0 Å². The van der Waals surface area contributed by atoms with Crippen LogP contribution in [0.25, 0.3) is 0 Å². The lowest BCUT2D eigenvalue weighted by molar-refractivity contribution is 0.0911. The number of hydrogen-bond acceptors (Lipinski definition) is 6. The second-order valence-electron chi connectivity index (χ2n) is 4.57. The molecule has 0 bridgehead atoms. The summed E-state index contributed by atoms with van der Waals surface area (Å²) >= 11 is 0. The maximum absolute atomic E-state index is 12.2. The largest absolute Gasteiger partial charge is 0.492 e. The average molecular weight is 274 g/mol. The van der Waals surface area contributed by atoms with Crippen molar-refractivity contribution >= 4 is 17.4 Å². The Bertz CT molecular complexity index is 603. The molecule has 6 heteroatoms. The fraction of sp³-hybridized carbons (Fsp3) is 0.357. The van der Waals surface area contributed by atoms with Gasteiger partial charge in [-0.3, -0.25) is 9.59 Å².